The van der Waals surface area contributed by atoms with Gasteiger partial charge in [0.15, 0.2) is 0 Å². The van der Waals surface area contributed by atoms with E-state index in [0.29, 0.717) is 6.54 Å². The maximum absolute atomic E-state index is 9.87. The molecule has 0 fully saturated rings. The minimum absolute atomic E-state index is 0.176. The first-order valence-corrected chi connectivity index (χ1v) is 14.2. The van der Waals surface area contributed by atoms with E-state index in [9.17, 15) is 14.4 Å². The average molecular weight is 560 g/mol. The van der Waals surface area contributed by atoms with Crippen molar-refractivity contribution in [3.63, 3.8) is 0 Å². The van der Waals surface area contributed by atoms with Crippen LogP contribution in [0.15, 0.2) is 29.3 Å². The van der Waals surface area contributed by atoms with Crippen LogP contribution in [0.1, 0.15) is 124 Å². The number of unbranched alkanes of at least 4 members (excludes halogenated alkanes) is 15. The molecule has 0 aliphatic rings. The first-order chi connectivity index (χ1) is 18.5. The molecule has 0 unspecified atom stereocenters. The van der Waals surface area contributed by atoms with Crippen molar-refractivity contribution in [1.29, 1.82) is 0 Å². The molecule has 9 nitrogen and oxygen atoms in total. The van der Waals surface area contributed by atoms with Crippen LogP contribution in [-0.2, 0) is 14.4 Å². The molecule has 0 amide bonds. The fourth-order valence-corrected chi connectivity index (χ4v) is 2.84. The summed E-state index contributed by atoms with van der Waals surface area (Å²) in [5, 5.41) is 39.8. The molecule has 230 valence electrons. The number of carboxylic acids is 2. The van der Waals surface area contributed by atoms with Gasteiger partial charge in [-0.3, -0.25) is 0 Å². The number of hydrogen-bond acceptors (Lipinski definition) is 7. The molecule has 0 radical (unpaired) electrons. The summed E-state index contributed by atoms with van der Waals surface area (Å²) in [6, 6.07) is 0. The van der Waals surface area contributed by atoms with E-state index in [-0.39, 0.29) is 24.4 Å². The Balaban J connectivity index is -0.000000274. The molecular weight excluding hydrogens is 502 g/mol. The number of carbonyl (C=O) groups is 2. The van der Waals surface area contributed by atoms with Gasteiger partial charge < -0.3 is 25.5 Å². The standard InChI is InChI=1S/C19H37NO.2C4H6O2.C3H8O3/c1-2-3-4-5-6-7-8-9-10-11-12-13-14-15-16-17-18-20-19-21;2*1-3(2)4(5)6;4-1-3(6)2-5/h2-18H2,1H3;2*1H2,2H3,(H,5,6);3-6H,1-2H2. The molecule has 0 bridgehead atoms. The Hall–Kier alpha value is -2.32. The fourth-order valence-electron chi connectivity index (χ4n) is 2.84. The van der Waals surface area contributed by atoms with E-state index in [0.717, 1.165) is 6.42 Å². The summed E-state index contributed by atoms with van der Waals surface area (Å²) < 4.78 is 0. The largest absolute Gasteiger partial charge is 0.478 e. The van der Waals surface area contributed by atoms with E-state index in [1.165, 1.54) is 110 Å². The molecule has 0 saturated heterocycles. The third-order valence-corrected chi connectivity index (χ3v) is 5.34. The maximum Gasteiger partial charge on any atom is 0.330 e. The minimum atomic E-state index is -0.954. The van der Waals surface area contributed by atoms with Crippen molar-refractivity contribution < 1.29 is 39.9 Å². The Morgan fingerprint density at radius 1 is 0.667 bits per heavy atom. The van der Waals surface area contributed by atoms with Gasteiger partial charge in [-0.2, -0.15) is 0 Å². The summed E-state index contributed by atoms with van der Waals surface area (Å²) >= 11 is 0. The van der Waals surface area contributed by atoms with Crippen LogP contribution < -0.4 is 0 Å². The normalized spacial score (nSPS) is 9.51. The highest BCUT2D eigenvalue weighted by Gasteiger charge is 1.95. The minimum Gasteiger partial charge on any atom is -0.478 e. The predicted octanol–water partition coefficient (Wildman–Crippen LogP) is 6.21. The second-order valence-electron chi connectivity index (χ2n) is 9.47. The van der Waals surface area contributed by atoms with Gasteiger partial charge >= 0.3 is 11.9 Å². The molecule has 0 spiro atoms. The summed E-state index contributed by atoms with van der Waals surface area (Å²) in [5.74, 6) is -1.87. The molecule has 9 heteroatoms. The van der Waals surface area contributed by atoms with Gasteiger partial charge in [-0.05, 0) is 20.3 Å². The summed E-state index contributed by atoms with van der Waals surface area (Å²) in [6.07, 6.45) is 22.7. The topological polar surface area (TPSA) is 165 Å². The van der Waals surface area contributed by atoms with Crippen molar-refractivity contribution in [3.05, 3.63) is 24.3 Å². The van der Waals surface area contributed by atoms with Crippen LogP contribution in [0.4, 0.5) is 0 Å². The summed E-state index contributed by atoms with van der Waals surface area (Å²) in [7, 11) is 0. The quantitative estimate of drug-likeness (QED) is 0.0479. The van der Waals surface area contributed by atoms with Gasteiger partial charge in [0.25, 0.3) is 0 Å². The molecule has 0 aliphatic carbocycles. The van der Waals surface area contributed by atoms with Gasteiger partial charge in [0.05, 0.1) is 19.8 Å². The van der Waals surface area contributed by atoms with Crippen molar-refractivity contribution in [2.45, 2.75) is 130 Å². The third-order valence-electron chi connectivity index (χ3n) is 5.34. The van der Waals surface area contributed by atoms with Crippen LogP contribution >= 0.6 is 0 Å². The van der Waals surface area contributed by atoms with E-state index >= 15 is 0 Å². The van der Waals surface area contributed by atoms with E-state index in [4.69, 9.17) is 25.5 Å². The zero-order chi connectivity index (χ0) is 30.7. The number of nitrogens with zero attached hydrogens (tertiary/aromatic N) is 1. The van der Waals surface area contributed by atoms with Gasteiger partial charge in [0.2, 0.25) is 6.08 Å². The number of hydrogen-bond donors (Lipinski definition) is 5. The average Bonchev–Trinajstić information content (AvgIpc) is 2.91. The smallest absolute Gasteiger partial charge is 0.330 e. The van der Waals surface area contributed by atoms with Gasteiger partial charge in [0.1, 0.15) is 6.10 Å². The van der Waals surface area contributed by atoms with Crippen LogP contribution in [0.3, 0.4) is 0 Å². The van der Waals surface area contributed by atoms with E-state index in [1.807, 2.05) is 0 Å². The second kappa shape index (κ2) is 37.8. The van der Waals surface area contributed by atoms with Crippen molar-refractivity contribution in [1.82, 2.24) is 0 Å². The number of aliphatic hydroxyl groups is 3. The highest BCUT2D eigenvalue weighted by atomic mass is 16.4. The van der Waals surface area contributed by atoms with Gasteiger partial charge in [-0.1, -0.05) is 116 Å². The lowest BCUT2D eigenvalue weighted by molar-refractivity contribution is -0.133. The van der Waals surface area contributed by atoms with Crippen molar-refractivity contribution in [3.8, 4) is 0 Å². The zero-order valence-electron chi connectivity index (χ0n) is 24.8. The lowest BCUT2D eigenvalue weighted by Gasteiger charge is -2.03. The molecule has 0 aliphatic heterocycles. The van der Waals surface area contributed by atoms with Crippen LogP contribution in [0.5, 0.6) is 0 Å². The van der Waals surface area contributed by atoms with Crippen LogP contribution in [0, 0.1) is 0 Å². The van der Waals surface area contributed by atoms with E-state index in [2.05, 4.69) is 25.1 Å². The molecule has 5 N–H and O–H groups in total. The molecule has 0 atom stereocenters. The lowest BCUT2D eigenvalue weighted by Crippen LogP contribution is -2.15. The van der Waals surface area contributed by atoms with Gasteiger partial charge in [0, 0.05) is 11.1 Å². The Morgan fingerprint density at radius 2 is 0.923 bits per heavy atom. The molecule has 39 heavy (non-hydrogen) atoms. The van der Waals surface area contributed by atoms with Crippen molar-refractivity contribution >= 4 is 18.0 Å². The Labute approximate surface area is 236 Å². The van der Waals surface area contributed by atoms with Crippen molar-refractivity contribution in [2.75, 3.05) is 19.8 Å². The molecule has 0 rings (SSSR count). The summed E-state index contributed by atoms with van der Waals surface area (Å²) in [4.78, 5) is 32.6. The highest BCUT2D eigenvalue weighted by molar-refractivity contribution is 5.85. The van der Waals surface area contributed by atoms with Gasteiger partial charge in [-0.25, -0.2) is 19.4 Å². The monoisotopic (exact) mass is 559 g/mol. The van der Waals surface area contributed by atoms with Crippen LogP contribution in [0.25, 0.3) is 0 Å². The van der Waals surface area contributed by atoms with E-state index in [1.54, 1.807) is 6.08 Å². The number of aliphatic imine (C=N–C) groups is 1. The molecule has 0 heterocycles. The third kappa shape index (κ3) is 52.8. The second-order valence-corrected chi connectivity index (χ2v) is 9.47. The number of rotatable bonds is 21. The SMILES string of the molecule is C=C(C)C(=O)O.C=C(C)C(=O)O.CCCCCCCCCCCCCCCCCCN=C=O.OCC(O)CO. The van der Waals surface area contributed by atoms with E-state index < -0.39 is 18.0 Å². The Morgan fingerprint density at radius 3 is 1.10 bits per heavy atom. The first-order valence-electron chi connectivity index (χ1n) is 14.2. The number of carboxylic acid groups (broad SMARTS) is 2. The molecule has 0 aromatic heterocycles. The van der Waals surface area contributed by atoms with Crippen molar-refractivity contribution in [2.24, 2.45) is 4.99 Å². The number of aliphatic carboxylic acids is 2. The first kappa shape index (κ1) is 43.7. The molecule has 0 aromatic rings. The van der Waals surface area contributed by atoms with Gasteiger partial charge in [-0.15, -0.1) is 0 Å². The highest BCUT2D eigenvalue weighted by Crippen LogP contribution is 2.13. The molecule has 0 saturated carbocycles. The fraction of sp³-hybridized carbons (Fsp3) is 0.767. The number of aliphatic hydroxyl groups excluding tert-OH is 3. The Kier molecular flexibility index (Phi) is 42.4. The summed E-state index contributed by atoms with van der Waals surface area (Å²) in [5.41, 5.74) is 0.352. The number of isocyanates is 1. The zero-order valence-corrected chi connectivity index (χ0v) is 24.8. The van der Waals surface area contributed by atoms with Crippen LogP contribution in [0.2, 0.25) is 0 Å². The molecule has 0 aromatic carbocycles. The maximum atomic E-state index is 9.87. The lowest BCUT2D eigenvalue weighted by atomic mass is 10.0. The predicted molar refractivity (Wildman–Crippen MR) is 158 cm³/mol. The Bertz CT molecular complexity index is 578. The van der Waals surface area contributed by atoms with Crippen LogP contribution in [-0.4, -0.2) is 69.4 Å². The summed E-state index contributed by atoms with van der Waals surface area (Å²) in [6.45, 7) is 11.4. The number of carbonyl (C=O) groups excluding carboxylic acids is 1. The molecular formula is C30H57NO8.